The first-order valence-corrected chi connectivity index (χ1v) is 8.76. The van der Waals surface area contributed by atoms with Gasteiger partial charge in [-0.25, -0.2) is 0 Å². The van der Waals surface area contributed by atoms with E-state index < -0.39 is 5.54 Å². The minimum absolute atomic E-state index is 0.0371. The fraction of sp³-hybridized carbons (Fsp3) is 0.333. The van der Waals surface area contributed by atoms with E-state index in [1.807, 2.05) is 48.5 Å². The molecular formula is C21H21N2O-. The maximum Gasteiger partial charge on any atom is 0.127 e. The first kappa shape index (κ1) is 15.1. The van der Waals surface area contributed by atoms with Gasteiger partial charge in [-0.05, 0) is 18.4 Å². The topological polar surface area (TPSA) is 43.5 Å². The van der Waals surface area contributed by atoms with Crippen LogP contribution in [-0.4, -0.2) is 11.5 Å². The van der Waals surface area contributed by atoms with Crippen molar-refractivity contribution in [3.8, 4) is 0 Å². The Labute approximate surface area is 142 Å². The number of hydrogen-bond donors (Lipinski definition) is 0. The molecule has 1 heterocycles. The molecule has 24 heavy (non-hydrogen) atoms. The Balaban J connectivity index is 1.83. The van der Waals surface area contributed by atoms with Crippen molar-refractivity contribution in [2.24, 2.45) is 11.0 Å². The molecule has 4 rings (SSSR count). The van der Waals surface area contributed by atoms with Crippen LogP contribution in [0.5, 0.6) is 0 Å². The Morgan fingerprint density at radius 1 is 0.917 bits per heavy atom. The Morgan fingerprint density at radius 3 is 2.38 bits per heavy atom. The molecule has 2 aromatic carbocycles. The summed E-state index contributed by atoms with van der Waals surface area (Å²) in [6, 6.07) is 20.2. The SMILES string of the molecule is O=C1CCCCC[C@H]2C(c3ccccc3)=N[N-][C@@]12c1ccccc1. The van der Waals surface area contributed by atoms with Gasteiger partial charge in [0.1, 0.15) is 5.78 Å². The Kier molecular flexibility index (Phi) is 3.93. The highest BCUT2D eigenvalue weighted by molar-refractivity contribution is 6.11. The molecule has 2 atom stereocenters. The molecule has 0 bridgehead atoms. The summed E-state index contributed by atoms with van der Waals surface area (Å²) in [4.78, 5) is 13.2. The molecule has 1 fully saturated rings. The molecule has 122 valence electrons. The van der Waals surface area contributed by atoms with Gasteiger partial charge in [-0.15, -0.1) is 0 Å². The molecule has 0 aromatic heterocycles. The first-order valence-electron chi connectivity index (χ1n) is 8.76. The molecule has 1 saturated carbocycles. The van der Waals surface area contributed by atoms with Crippen LogP contribution in [0.3, 0.4) is 0 Å². The predicted molar refractivity (Wildman–Crippen MR) is 96.0 cm³/mol. The van der Waals surface area contributed by atoms with Crippen LogP contribution in [-0.2, 0) is 10.3 Å². The highest BCUT2D eigenvalue weighted by Gasteiger charge is 2.44. The monoisotopic (exact) mass is 317 g/mol. The molecule has 2 aliphatic rings. The number of hydrogen-bond acceptors (Lipinski definition) is 2. The van der Waals surface area contributed by atoms with E-state index in [4.69, 9.17) is 0 Å². The molecule has 3 nitrogen and oxygen atoms in total. The molecule has 0 N–H and O–H groups in total. The first-order chi connectivity index (χ1) is 11.8. The number of Topliss-reactive ketones (excluding diaryl/α,β-unsaturated/α-hetero) is 1. The maximum absolute atomic E-state index is 13.2. The average Bonchev–Trinajstić information content (AvgIpc) is 3.01. The van der Waals surface area contributed by atoms with Gasteiger partial charge in [-0.2, -0.15) is 0 Å². The Morgan fingerprint density at radius 2 is 1.62 bits per heavy atom. The van der Waals surface area contributed by atoms with Crippen LogP contribution in [0, 0.1) is 5.92 Å². The third-order valence-corrected chi connectivity index (χ3v) is 5.26. The molecule has 0 radical (unpaired) electrons. The van der Waals surface area contributed by atoms with Gasteiger partial charge in [-0.1, -0.05) is 79.1 Å². The van der Waals surface area contributed by atoms with E-state index in [1.165, 1.54) is 0 Å². The second-order valence-corrected chi connectivity index (χ2v) is 6.66. The van der Waals surface area contributed by atoms with Gasteiger partial charge in [-0.3, -0.25) is 0 Å². The van der Waals surface area contributed by atoms with Gasteiger partial charge >= 0.3 is 0 Å². The van der Waals surface area contributed by atoms with Crippen LogP contribution in [0.4, 0.5) is 0 Å². The number of ketones is 1. The highest BCUT2D eigenvalue weighted by atomic mass is 16.1. The van der Waals surface area contributed by atoms with Crippen molar-refractivity contribution < 1.29 is 4.79 Å². The van der Waals surface area contributed by atoms with E-state index in [9.17, 15) is 4.79 Å². The normalized spacial score (nSPS) is 26.8. The Hall–Kier alpha value is -2.42. The Bertz CT molecular complexity index is 754. The average molecular weight is 317 g/mol. The van der Waals surface area contributed by atoms with E-state index in [1.54, 1.807) is 0 Å². The number of rotatable bonds is 2. The van der Waals surface area contributed by atoms with Gasteiger partial charge in [0.25, 0.3) is 0 Å². The summed E-state index contributed by atoms with van der Waals surface area (Å²) < 4.78 is 0. The highest BCUT2D eigenvalue weighted by Crippen LogP contribution is 2.49. The molecule has 0 spiro atoms. The molecule has 1 aliphatic heterocycles. The van der Waals surface area contributed by atoms with Crippen LogP contribution < -0.4 is 0 Å². The summed E-state index contributed by atoms with van der Waals surface area (Å²) in [5.74, 6) is 0.253. The zero-order chi connectivity index (χ0) is 16.4. The van der Waals surface area contributed by atoms with Crippen molar-refractivity contribution in [1.82, 2.24) is 0 Å². The van der Waals surface area contributed by atoms with E-state index in [0.29, 0.717) is 6.42 Å². The smallest absolute Gasteiger partial charge is 0.127 e. The number of carbonyl (C=O) groups excluding carboxylic acids is 1. The van der Waals surface area contributed by atoms with Gasteiger partial charge in [0.2, 0.25) is 0 Å². The molecular weight excluding hydrogens is 296 g/mol. The largest absolute Gasteiger partial charge is 0.586 e. The predicted octanol–water partition coefficient (Wildman–Crippen LogP) is 4.82. The van der Waals surface area contributed by atoms with Crippen molar-refractivity contribution in [2.75, 3.05) is 0 Å². The van der Waals surface area contributed by atoms with Gasteiger partial charge in [0.15, 0.2) is 0 Å². The van der Waals surface area contributed by atoms with Crippen LogP contribution in [0.15, 0.2) is 65.8 Å². The molecule has 1 aliphatic carbocycles. The quantitative estimate of drug-likeness (QED) is 0.783. The fourth-order valence-corrected chi connectivity index (χ4v) is 4.05. The van der Waals surface area contributed by atoms with E-state index in [0.717, 1.165) is 42.5 Å². The zero-order valence-electron chi connectivity index (χ0n) is 13.7. The lowest BCUT2D eigenvalue weighted by Crippen LogP contribution is -2.43. The van der Waals surface area contributed by atoms with E-state index >= 15 is 0 Å². The van der Waals surface area contributed by atoms with E-state index in [2.05, 4.69) is 22.7 Å². The van der Waals surface area contributed by atoms with E-state index in [-0.39, 0.29) is 11.7 Å². The van der Waals surface area contributed by atoms with Crippen molar-refractivity contribution in [3.63, 3.8) is 0 Å². The summed E-state index contributed by atoms with van der Waals surface area (Å²) in [7, 11) is 0. The lowest BCUT2D eigenvalue weighted by atomic mass is 9.68. The lowest BCUT2D eigenvalue weighted by molar-refractivity contribution is -0.124. The molecule has 0 saturated heterocycles. The van der Waals surface area contributed by atoms with Crippen LogP contribution in [0.1, 0.15) is 43.2 Å². The summed E-state index contributed by atoms with van der Waals surface area (Å²) in [5.41, 5.74) is 6.84. The second kappa shape index (κ2) is 6.23. The molecule has 0 amide bonds. The van der Waals surface area contributed by atoms with Crippen molar-refractivity contribution >= 4 is 11.5 Å². The maximum atomic E-state index is 13.2. The molecule has 2 aromatic rings. The fourth-order valence-electron chi connectivity index (χ4n) is 4.05. The van der Waals surface area contributed by atoms with Crippen molar-refractivity contribution in [2.45, 2.75) is 37.6 Å². The minimum atomic E-state index is -0.827. The molecule has 0 unspecified atom stereocenters. The summed E-state index contributed by atoms with van der Waals surface area (Å²) in [6.07, 6.45) is 4.73. The van der Waals surface area contributed by atoms with Crippen molar-refractivity contribution in [1.29, 1.82) is 0 Å². The summed E-state index contributed by atoms with van der Waals surface area (Å²) >= 11 is 0. The molecule has 3 heteroatoms. The van der Waals surface area contributed by atoms with Gasteiger partial charge in [0.05, 0.1) is 0 Å². The minimum Gasteiger partial charge on any atom is -0.586 e. The lowest BCUT2D eigenvalue weighted by Gasteiger charge is -2.45. The standard InChI is InChI=1S/C21H21N2O/c24-19-15-9-3-8-14-18-20(16-10-4-1-5-11-16)22-23-21(18,19)17-12-6-2-7-13-17/h1-2,4-7,10-13,18H,3,8-9,14-15H2/q-1/t18-,21+/m0/s1. The van der Waals surface area contributed by atoms with Gasteiger partial charge < -0.3 is 15.3 Å². The summed E-state index contributed by atoms with van der Waals surface area (Å²) in [6.45, 7) is 0. The number of benzene rings is 2. The van der Waals surface area contributed by atoms with Crippen LogP contribution >= 0.6 is 0 Å². The third kappa shape index (κ3) is 2.35. The number of fused-ring (bicyclic) bond motifs is 1. The number of nitrogens with zero attached hydrogens (tertiary/aromatic N) is 2. The van der Waals surface area contributed by atoms with Crippen LogP contribution in [0.2, 0.25) is 0 Å². The van der Waals surface area contributed by atoms with Crippen LogP contribution in [0.25, 0.3) is 5.43 Å². The summed E-state index contributed by atoms with van der Waals surface area (Å²) in [5, 5.41) is 4.55. The van der Waals surface area contributed by atoms with Gasteiger partial charge in [0, 0.05) is 23.6 Å². The number of carbonyl (C=O) groups is 1. The zero-order valence-corrected chi connectivity index (χ0v) is 13.7. The van der Waals surface area contributed by atoms with Crippen molar-refractivity contribution in [3.05, 3.63) is 77.2 Å². The second-order valence-electron chi connectivity index (χ2n) is 6.66. The third-order valence-electron chi connectivity index (χ3n) is 5.26.